The van der Waals surface area contributed by atoms with Crippen LogP contribution < -0.4 is 10.6 Å². The summed E-state index contributed by atoms with van der Waals surface area (Å²) in [6.07, 6.45) is 0.695. The molecular weight excluding hydrogens is 306 g/mol. The van der Waals surface area contributed by atoms with E-state index < -0.39 is 0 Å². The number of hydrogen-bond acceptors (Lipinski definition) is 4. The maximum Gasteiger partial charge on any atom is 0.315 e. The quantitative estimate of drug-likeness (QED) is 0.850. The van der Waals surface area contributed by atoms with Crippen LogP contribution in [-0.4, -0.2) is 33.1 Å². The van der Waals surface area contributed by atoms with Crippen LogP contribution in [0, 0.1) is 27.7 Å². The van der Waals surface area contributed by atoms with Gasteiger partial charge in [0.05, 0.1) is 17.9 Å². The van der Waals surface area contributed by atoms with Crippen LogP contribution >= 0.6 is 0 Å². The lowest BCUT2D eigenvalue weighted by atomic mass is 10.1. The highest BCUT2D eigenvalue weighted by Crippen LogP contribution is 2.14. The maximum atomic E-state index is 12.2. The lowest BCUT2D eigenvalue weighted by molar-refractivity contribution is 0.233. The Hall–Kier alpha value is -2.31. The molecule has 2 rings (SSSR count). The van der Waals surface area contributed by atoms with Gasteiger partial charge in [-0.2, -0.15) is 5.10 Å². The number of aromatic nitrogens is 3. The first kappa shape index (κ1) is 18.0. The molecule has 0 aliphatic carbocycles. The molecule has 0 saturated heterocycles. The number of amides is 2. The van der Waals surface area contributed by atoms with Crippen molar-refractivity contribution in [3.63, 3.8) is 0 Å². The second-order valence-electron chi connectivity index (χ2n) is 6.54. The standard InChI is InChI=1S/C17H27N5O2/c1-10(8-16-14(5)21-24-15(16)6)18-17(23)19-12(3)9-22-13(4)7-11(2)20-22/h7,10,12H,8-9H2,1-6H3,(H2,18,19,23)/t10-,12-/m0/s1. The van der Waals surface area contributed by atoms with E-state index in [-0.39, 0.29) is 18.1 Å². The zero-order chi connectivity index (χ0) is 17.9. The number of rotatable bonds is 6. The molecule has 7 nitrogen and oxygen atoms in total. The molecule has 2 N–H and O–H groups in total. The zero-order valence-electron chi connectivity index (χ0n) is 15.3. The van der Waals surface area contributed by atoms with Crippen LogP contribution in [0.15, 0.2) is 10.6 Å². The fraction of sp³-hybridized carbons (Fsp3) is 0.588. The van der Waals surface area contributed by atoms with Gasteiger partial charge in [0.25, 0.3) is 0 Å². The number of carbonyl (C=O) groups is 1. The fourth-order valence-electron chi connectivity index (χ4n) is 2.80. The summed E-state index contributed by atoms with van der Waals surface area (Å²) in [5, 5.41) is 14.3. The average Bonchev–Trinajstić information content (AvgIpc) is 2.94. The van der Waals surface area contributed by atoms with Crippen molar-refractivity contribution < 1.29 is 9.32 Å². The van der Waals surface area contributed by atoms with Crippen LogP contribution in [-0.2, 0) is 13.0 Å². The first-order valence-corrected chi connectivity index (χ1v) is 8.26. The van der Waals surface area contributed by atoms with Crippen LogP contribution in [0.5, 0.6) is 0 Å². The third-order valence-corrected chi connectivity index (χ3v) is 4.00. The van der Waals surface area contributed by atoms with Gasteiger partial charge >= 0.3 is 6.03 Å². The molecule has 2 aromatic heterocycles. The van der Waals surface area contributed by atoms with E-state index in [1.807, 2.05) is 52.3 Å². The summed E-state index contributed by atoms with van der Waals surface area (Å²) < 4.78 is 7.07. The molecule has 0 bridgehead atoms. The minimum atomic E-state index is -0.178. The van der Waals surface area contributed by atoms with Crippen LogP contribution in [0.25, 0.3) is 0 Å². The predicted molar refractivity (Wildman–Crippen MR) is 92.0 cm³/mol. The van der Waals surface area contributed by atoms with Crippen LogP contribution in [0.4, 0.5) is 4.79 Å². The first-order chi connectivity index (χ1) is 11.3. The van der Waals surface area contributed by atoms with Gasteiger partial charge in [0.15, 0.2) is 0 Å². The van der Waals surface area contributed by atoms with Gasteiger partial charge in [-0.25, -0.2) is 4.79 Å². The molecule has 0 spiro atoms. The minimum Gasteiger partial charge on any atom is -0.361 e. The monoisotopic (exact) mass is 333 g/mol. The van der Waals surface area contributed by atoms with Gasteiger partial charge in [-0.05, 0) is 54.0 Å². The van der Waals surface area contributed by atoms with Crippen molar-refractivity contribution in [2.24, 2.45) is 0 Å². The number of aryl methyl sites for hydroxylation is 4. The fourth-order valence-corrected chi connectivity index (χ4v) is 2.80. The third kappa shape index (κ3) is 4.59. The van der Waals surface area contributed by atoms with E-state index >= 15 is 0 Å². The van der Waals surface area contributed by atoms with Gasteiger partial charge in [-0.1, -0.05) is 5.16 Å². The summed E-state index contributed by atoms with van der Waals surface area (Å²) in [6, 6.07) is 1.82. The number of hydrogen-bond donors (Lipinski definition) is 2. The van der Waals surface area contributed by atoms with Crippen molar-refractivity contribution in [2.45, 2.75) is 66.6 Å². The van der Waals surface area contributed by atoms with Crippen molar-refractivity contribution in [1.29, 1.82) is 0 Å². The van der Waals surface area contributed by atoms with Crippen LogP contribution in [0.2, 0.25) is 0 Å². The van der Waals surface area contributed by atoms with Gasteiger partial charge in [0, 0.05) is 23.3 Å². The summed E-state index contributed by atoms with van der Waals surface area (Å²) in [6.45, 7) is 12.4. The summed E-state index contributed by atoms with van der Waals surface area (Å²) in [5.41, 5.74) is 4.00. The summed E-state index contributed by atoms with van der Waals surface area (Å²) in [7, 11) is 0. The Balaban J connectivity index is 1.82. The molecule has 2 atom stereocenters. The second kappa shape index (κ2) is 7.51. The molecule has 0 saturated carbocycles. The van der Waals surface area contributed by atoms with Gasteiger partial charge < -0.3 is 15.2 Å². The van der Waals surface area contributed by atoms with E-state index in [9.17, 15) is 4.79 Å². The number of urea groups is 1. The highest BCUT2D eigenvalue weighted by atomic mass is 16.5. The molecule has 24 heavy (non-hydrogen) atoms. The van der Waals surface area contributed by atoms with E-state index in [0.717, 1.165) is 28.4 Å². The Bertz CT molecular complexity index is 684. The van der Waals surface area contributed by atoms with Crippen molar-refractivity contribution in [2.75, 3.05) is 0 Å². The predicted octanol–water partition coefficient (Wildman–Crippen LogP) is 2.42. The molecular formula is C17H27N5O2. The smallest absolute Gasteiger partial charge is 0.315 e. The first-order valence-electron chi connectivity index (χ1n) is 8.26. The molecule has 0 radical (unpaired) electrons. The number of carbonyl (C=O) groups excluding carboxylic acids is 1. The highest BCUT2D eigenvalue weighted by molar-refractivity contribution is 5.74. The molecule has 0 fully saturated rings. The van der Waals surface area contributed by atoms with E-state index in [1.54, 1.807) is 0 Å². The van der Waals surface area contributed by atoms with E-state index in [2.05, 4.69) is 20.9 Å². The van der Waals surface area contributed by atoms with Crippen molar-refractivity contribution in [3.05, 3.63) is 34.5 Å². The molecule has 132 valence electrons. The zero-order valence-corrected chi connectivity index (χ0v) is 15.3. The topological polar surface area (TPSA) is 85.0 Å². The summed E-state index contributed by atoms with van der Waals surface area (Å²) >= 11 is 0. The molecule has 2 aromatic rings. The Morgan fingerprint density at radius 2 is 1.88 bits per heavy atom. The summed E-state index contributed by atoms with van der Waals surface area (Å²) in [4.78, 5) is 12.2. The van der Waals surface area contributed by atoms with Gasteiger partial charge in [0.1, 0.15) is 5.76 Å². The highest BCUT2D eigenvalue weighted by Gasteiger charge is 2.16. The number of nitrogens with zero attached hydrogens (tertiary/aromatic N) is 3. The van der Waals surface area contributed by atoms with Crippen LogP contribution in [0.1, 0.15) is 42.3 Å². The SMILES string of the molecule is Cc1cc(C)n(C[C@H](C)NC(=O)N[C@@H](C)Cc2c(C)noc2C)n1. The van der Waals surface area contributed by atoms with Crippen molar-refractivity contribution in [1.82, 2.24) is 25.6 Å². The number of nitrogens with one attached hydrogen (secondary N) is 2. The lowest BCUT2D eigenvalue weighted by Gasteiger charge is -2.18. The Morgan fingerprint density at radius 1 is 1.21 bits per heavy atom. The van der Waals surface area contributed by atoms with Crippen molar-refractivity contribution >= 4 is 6.03 Å². The van der Waals surface area contributed by atoms with Gasteiger partial charge in [0.2, 0.25) is 0 Å². The molecule has 0 aromatic carbocycles. The van der Waals surface area contributed by atoms with E-state index in [4.69, 9.17) is 4.52 Å². The molecule has 0 unspecified atom stereocenters. The summed E-state index contributed by atoms with van der Waals surface area (Å²) in [5.74, 6) is 0.805. The van der Waals surface area contributed by atoms with Gasteiger partial charge in [-0.15, -0.1) is 0 Å². The molecule has 0 aliphatic rings. The van der Waals surface area contributed by atoms with Gasteiger partial charge in [-0.3, -0.25) is 4.68 Å². The molecule has 0 aliphatic heterocycles. The molecule has 2 amide bonds. The minimum absolute atomic E-state index is 0.0114. The Kier molecular flexibility index (Phi) is 5.64. The lowest BCUT2D eigenvalue weighted by Crippen LogP contribution is -2.46. The Labute approximate surface area is 142 Å². The normalized spacial score (nSPS) is 13.6. The van der Waals surface area contributed by atoms with E-state index in [1.165, 1.54) is 0 Å². The third-order valence-electron chi connectivity index (χ3n) is 4.00. The largest absolute Gasteiger partial charge is 0.361 e. The Morgan fingerprint density at radius 3 is 2.42 bits per heavy atom. The molecule has 7 heteroatoms. The maximum absolute atomic E-state index is 12.2. The van der Waals surface area contributed by atoms with Crippen LogP contribution in [0.3, 0.4) is 0 Å². The van der Waals surface area contributed by atoms with Crippen molar-refractivity contribution in [3.8, 4) is 0 Å². The molecule has 2 heterocycles. The second-order valence-corrected chi connectivity index (χ2v) is 6.54. The average molecular weight is 333 g/mol. The van der Waals surface area contributed by atoms with E-state index in [0.29, 0.717) is 13.0 Å².